The second kappa shape index (κ2) is 7.61. The molecule has 1 aromatic rings. The lowest BCUT2D eigenvalue weighted by Crippen LogP contribution is -2.50. The fourth-order valence-electron chi connectivity index (χ4n) is 3.18. The van der Waals surface area contributed by atoms with Crippen LogP contribution in [0.25, 0.3) is 0 Å². The monoisotopic (exact) mass is 402 g/mol. The predicted octanol–water partition coefficient (Wildman–Crippen LogP) is 2.32. The van der Waals surface area contributed by atoms with E-state index in [2.05, 4.69) is 20.8 Å². The van der Waals surface area contributed by atoms with Crippen LogP contribution in [0.5, 0.6) is 0 Å². The maximum atomic E-state index is 12.8. The zero-order valence-corrected chi connectivity index (χ0v) is 15.6. The molecule has 0 spiro atoms. The summed E-state index contributed by atoms with van der Waals surface area (Å²) in [6, 6.07) is 7.00. The lowest BCUT2D eigenvalue weighted by Gasteiger charge is -2.36. The van der Waals surface area contributed by atoms with Crippen molar-refractivity contribution in [3.05, 3.63) is 28.7 Å². The Kier molecular flexibility index (Phi) is 5.74. The Bertz CT molecular complexity index is 624. The Morgan fingerprint density at radius 1 is 1.13 bits per heavy atom. The Morgan fingerprint density at radius 2 is 1.87 bits per heavy atom. The van der Waals surface area contributed by atoms with Crippen molar-refractivity contribution in [2.75, 3.05) is 39.3 Å². The van der Waals surface area contributed by atoms with Crippen LogP contribution in [0.1, 0.15) is 19.3 Å². The molecule has 0 saturated carbocycles. The number of nitrogens with zero attached hydrogens (tertiary/aromatic N) is 2. The second-order valence-electron chi connectivity index (χ2n) is 6.12. The van der Waals surface area contributed by atoms with E-state index in [-0.39, 0.29) is 0 Å². The highest BCUT2D eigenvalue weighted by atomic mass is 79.9. The summed E-state index contributed by atoms with van der Waals surface area (Å²) >= 11 is 3.34. The van der Waals surface area contributed by atoms with Gasteiger partial charge in [-0.2, -0.15) is 4.31 Å². The highest BCUT2D eigenvalue weighted by molar-refractivity contribution is 9.10. The first-order chi connectivity index (χ1) is 11.1. The van der Waals surface area contributed by atoms with Gasteiger partial charge < -0.3 is 4.74 Å². The Balaban J connectivity index is 1.59. The molecule has 7 heteroatoms. The van der Waals surface area contributed by atoms with Crippen LogP contribution < -0.4 is 0 Å². The van der Waals surface area contributed by atoms with E-state index in [4.69, 9.17) is 4.74 Å². The molecule has 2 heterocycles. The third-order valence-electron chi connectivity index (χ3n) is 4.52. The molecule has 2 fully saturated rings. The van der Waals surface area contributed by atoms with Crippen LogP contribution in [-0.2, 0) is 14.8 Å². The molecule has 0 aliphatic carbocycles. The lowest BCUT2D eigenvalue weighted by molar-refractivity contribution is -0.0103. The average Bonchev–Trinajstić information content (AvgIpc) is 2.56. The van der Waals surface area contributed by atoms with Crippen LogP contribution in [0.3, 0.4) is 0 Å². The zero-order valence-electron chi connectivity index (χ0n) is 13.2. The normalized spacial score (nSPS) is 24.7. The molecule has 5 nitrogen and oxygen atoms in total. The molecule has 2 aliphatic heterocycles. The number of halogens is 1. The van der Waals surface area contributed by atoms with Gasteiger partial charge in [-0.25, -0.2) is 8.42 Å². The van der Waals surface area contributed by atoms with Gasteiger partial charge in [0.1, 0.15) is 0 Å². The molecule has 0 N–H and O–H groups in total. The molecule has 23 heavy (non-hydrogen) atoms. The van der Waals surface area contributed by atoms with Crippen LogP contribution in [-0.4, -0.2) is 63.1 Å². The zero-order chi connectivity index (χ0) is 16.3. The van der Waals surface area contributed by atoms with Crippen LogP contribution >= 0.6 is 15.9 Å². The van der Waals surface area contributed by atoms with Crippen LogP contribution in [0.15, 0.2) is 33.6 Å². The minimum absolute atomic E-state index is 0.315. The summed E-state index contributed by atoms with van der Waals surface area (Å²) in [4.78, 5) is 2.67. The summed E-state index contributed by atoms with van der Waals surface area (Å²) in [7, 11) is -3.42. The van der Waals surface area contributed by atoms with Crippen molar-refractivity contribution in [3.8, 4) is 0 Å². The van der Waals surface area contributed by atoms with Gasteiger partial charge in [-0.3, -0.25) is 4.90 Å². The number of hydrogen-bond donors (Lipinski definition) is 0. The molecule has 0 unspecified atom stereocenters. The van der Waals surface area contributed by atoms with Gasteiger partial charge in [0.2, 0.25) is 10.0 Å². The standard InChI is InChI=1S/C16H23BrN2O3S/c17-15-6-1-2-7-16(15)23(20,21)19-10-8-18(9-11-19)13-14-5-3-4-12-22-14/h1-2,6-7,14H,3-5,8-13H2/t14-/m1/s1. The largest absolute Gasteiger partial charge is 0.377 e. The Labute approximate surface area is 146 Å². The molecular weight excluding hydrogens is 380 g/mol. The molecule has 2 saturated heterocycles. The SMILES string of the molecule is O=S(=O)(c1ccccc1Br)N1CCN(C[C@H]2CCCCO2)CC1. The number of ether oxygens (including phenoxy) is 1. The fourth-order valence-corrected chi connectivity index (χ4v) is 5.57. The number of sulfonamides is 1. The molecule has 0 amide bonds. The van der Waals surface area contributed by atoms with E-state index in [1.54, 1.807) is 22.5 Å². The first-order valence-corrected chi connectivity index (χ1v) is 10.4. The van der Waals surface area contributed by atoms with E-state index in [0.29, 0.717) is 28.6 Å². The van der Waals surface area contributed by atoms with E-state index in [9.17, 15) is 8.42 Å². The third kappa shape index (κ3) is 4.14. The van der Waals surface area contributed by atoms with E-state index in [0.717, 1.165) is 39.1 Å². The van der Waals surface area contributed by atoms with Gasteiger partial charge in [0, 0.05) is 43.8 Å². The van der Waals surface area contributed by atoms with E-state index in [1.807, 2.05) is 6.07 Å². The second-order valence-corrected chi connectivity index (χ2v) is 8.88. The van der Waals surface area contributed by atoms with Crippen molar-refractivity contribution in [1.82, 2.24) is 9.21 Å². The molecule has 0 bridgehead atoms. The summed E-state index contributed by atoms with van der Waals surface area (Å²) in [5.74, 6) is 0. The maximum Gasteiger partial charge on any atom is 0.244 e. The molecule has 1 atom stereocenters. The number of hydrogen-bond acceptors (Lipinski definition) is 4. The van der Waals surface area contributed by atoms with Gasteiger partial charge in [-0.1, -0.05) is 12.1 Å². The smallest absolute Gasteiger partial charge is 0.244 e. The molecule has 0 aromatic heterocycles. The average molecular weight is 403 g/mol. The van der Waals surface area contributed by atoms with Gasteiger partial charge in [0.15, 0.2) is 0 Å². The molecule has 2 aliphatic rings. The van der Waals surface area contributed by atoms with E-state index in [1.165, 1.54) is 6.42 Å². The highest BCUT2D eigenvalue weighted by Gasteiger charge is 2.30. The number of piperazine rings is 1. The van der Waals surface area contributed by atoms with E-state index < -0.39 is 10.0 Å². The quantitative estimate of drug-likeness (QED) is 0.775. The first-order valence-electron chi connectivity index (χ1n) is 8.16. The number of benzene rings is 1. The summed E-state index contributed by atoms with van der Waals surface area (Å²) in [6.45, 7) is 4.39. The lowest BCUT2D eigenvalue weighted by atomic mass is 10.1. The summed E-state index contributed by atoms with van der Waals surface area (Å²) in [5, 5.41) is 0. The molecule has 1 aromatic carbocycles. The summed E-state index contributed by atoms with van der Waals surface area (Å²) in [5.41, 5.74) is 0. The Hall–Kier alpha value is -0.470. The predicted molar refractivity (Wildman–Crippen MR) is 92.9 cm³/mol. The first kappa shape index (κ1) is 17.4. The maximum absolute atomic E-state index is 12.8. The summed E-state index contributed by atoms with van der Waals surface area (Å²) in [6.07, 6.45) is 3.83. The van der Waals surface area contributed by atoms with Crippen molar-refractivity contribution >= 4 is 26.0 Å². The molecule has 0 radical (unpaired) electrons. The molecular formula is C16H23BrN2O3S. The number of rotatable bonds is 4. The van der Waals surface area contributed by atoms with Crippen molar-refractivity contribution < 1.29 is 13.2 Å². The minimum Gasteiger partial charge on any atom is -0.377 e. The van der Waals surface area contributed by atoms with Gasteiger partial charge in [0.05, 0.1) is 11.0 Å². The van der Waals surface area contributed by atoms with Gasteiger partial charge in [-0.05, 0) is 47.3 Å². The summed E-state index contributed by atoms with van der Waals surface area (Å²) < 4.78 is 33.5. The highest BCUT2D eigenvalue weighted by Crippen LogP contribution is 2.25. The topological polar surface area (TPSA) is 49.9 Å². The molecule has 3 rings (SSSR count). The fraction of sp³-hybridized carbons (Fsp3) is 0.625. The molecule has 128 valence electrons. The van der Waals surface area contributed by atoms with Crippen molar-refractivity contribution in [2.45, 2.75) is 30.3 Å². The third-order valence-corrected chi connectivity index (χ3v) is 7.43. The van der Waals surface area contributed by atoms with Crippen molar-refractivity contribution in [2.24, 2.45) is 0 Å². The van der Waals surface area contributed by atoms with Crippen molar-refractivity contribution in [1.29, 1.82) is 0 Å². The van der Waals surface area contributed by atoms with Gasteiger partial charge in [0.25, 0.3) is 0 Å². The van der Waals surface area contributed by atoms with Crippen molar-refractivity contribution in [3.63, 3.8) is 0 Å². The van der Waals surface area contributed by atoms with Crippen LogP contribution in [0.4, 0.5) is 0 Å². The van der Waals surface area contributed by atoms with Crippen LogP contribution in [0.2, 0.25) is 0 Å². The van der Waals surface area contributed by atoms with E-state index >= 15 is 0 Å². The van der Waals surface area contributed by atoms with Gasteiger partial charge >= 0.3 is 0 Å². The van der Waals surface area contributed by atoms with Gasteiger partial charge in [-0.15, -0.1) is 0 Å². The minimum atomic E-state index is -3.42. The Morgan fingerprint density at radius 3 is 2.52 bits per heavy atom. The van der Waals surface area contributed by atoms with Crippen LogP contribution in [0, 0.1) is 0 Å².